The van der Waals surface area contributed by atoms with Gasteiger partial charge in [-0.25, -0.2) is 26.7 Å². The number of nitrogens with one attached hydrogen (secondary N) is 1. The maximum Gasteiger partial charge on any atom is 0.289 e. The number of rotatable bonds is 7. The highest BCUT2D eigenvalue weighted by molar-refractivity contribution is 9.10. The Morgan fingerprint density at radius 3 is 2.43 bits per heavy atom. The van der Waals surface area contributed by atoms with E-state index in [0.29, 0.717) is 4.47 Å². The molecule has 0 bridgehead atoms. The minimum absolute atomic E-state index is 0.0418. The standard InChI is InChI=1S/C9H12BrN3O6S2/c10-7-2-3-8(13(14)15)9(6-7)21(18,19)12-4-1-5-20(11,16)17/h2-3,6,12H,1,4-5H2,(H2,11,16,17). The predicted molar refractivity (Wildman–Crippen MR) is 78.6 cm³/mol. The number of primary sulfonamides is 1. The summed E-state index contributed by atoms with van der Waals surface area (Å²) in [6.45, 7) is -0.206. The summed E-state index contributed by atoms with van der Waals surface area (Å²) in [7, 11) is -7.82. The van der Waals surface area contributed by atoms with Gasteiger partial charge in [0.05, 0.1) is 10.7 Å². The number of nitrogens with two attached hydrogens (primary N) is 1. The third-order valence-corrected chi connectivity index (χ3v) is 5.15. The maximum atomic E-state index is 12.0. The molecule has 3 N–H and O–H groups in total. The molecule has 118 valence electrons. The number of nitro groups is 1. The highest BCUT2D eigenvalue weighted by Crippen LogP contribution is 2.26. The third-order valence-electron chi connectivity index (χ3n) is 2.31. The van der Waals surface area contributed by atoms with E-state index in [0.717, 1.165) is 12.1 Å². The third kappa shape index (κ3) is 5.67. The van der Waals surface area contributed by atoms with E-state index in [-0.39, 0.29) is 13.0 Å². The first-order valence-electron chi connectivity index (χ1n) is 5.47. The van der Waals surface area contributed by atoms with Crippen LogP contribution >= 0.6 is 15.9 Å². The first kappa shape index (κ1) is 18.0. The number of hydrogen-bond acceptors (Lipinski definition) is 6. The molecule has 0 spiro atoms. The second kappa shape index (κ2) is 6.79. The van der Waals surface area contributed by atoms with Crippen LogP contribution in [0.25, 0.3) is 0 Å². The molecule has 0 radical (unpaired) electrons. The van der Waals surface area contributed by atoms with Gasteiger partial charge in [0.1, 0.15) is 0 Å². The first-order valence-corrected chi connectivity index (χ1v) is 9.46. The van der Waals surface area contributed by atoms with Crippen LogP contribution in [0.4, 0.5) is 5.69 Å². The molecule has 0 aromatic heterocycles. The van der Waals surface area contributed by atoms with Gasteiger partial charge in [-0.3, -0.25) is 10.1 Å². The number of sulfonamides is 2. The van der Waals surface area contributed by atoms with Crippen LogP contribution in [0, 0.1) is 10.1 Å². The number of nitro benzene ring substituents is 1. The van der Waals surface area contributed by atoms with Crippen LogP contribution in [0.5, 0.6) is 0 Å². The van der Waals surface area contributed by atoms with Gasteiger partial charge in [0.2, 0.25) is 20.0 Å². The van der Waals surface area contributed by atoms with Gasteiger partial charge in [0.25, 0.3) is 5.69 Å². The van der Waals surface area contributed by atoms with E-state index in [1.807, 2.05) is 0 Å². The zero-order chi connectivity index (χ0) is 16.3. The molecule has 21 heavy (non-hydrogen) atoms. The zero-order valence-corrected chi connectivity index (χ0v) is 13.7. The topological polar surface area (TPSA) is 149 Å². The predicted octanol–water partition coefficient (Wildman–Crippen LogP) is 0.314. The molecule has 0 unspecified atom stereocenters. The van der Waals surface area contributed by atoms with Crippen molar-refractivity contribution in [2.45, 2.75) is 11.3 Å². The van der Waals surface area contributed by atoms with E-state index in [1.165, 1.54) is 6.07 Å². The molecule has 0 aliphatic heterocycles. The fraction of sp³-hybridized carbons (Fsp3) is 0.333. The lowest BCUT2D eigenvalue weighted by Crippen LogP contribution is -2.28. The van der Waals surface area contributed by atoms with E-state index < -0.39 is 41.3 Å². The highest BCUT2D eigenvalue weighted by Gasteiger charge is 2.25. The monoisotopic (exact) mass is 401 g/mol. The Kier molecular flexibility index (Phi) is 5.81. The van der Waals surface area contributed by atoms with Crippen LogP contribution in [0.15, 0.2) is 27.6 Å². The Morgan fingerprint density at radius 1 is 1.29 bits per heavy atom. The lowest BCUT2D eigenvalue weighted by atomic mass is 10.3. The van der Waals surface area contributed by atoms with E-state index in [2.05, 4.69) is 20.7 Å². The largest absolute Gasteiger partial charge is 0.289 e. The Bertz CT molecular complexity index is 747. The van der Waals surface area contributed by atoms with Crippen molar-refractivity contribution in [3.8, 4) is 0 Å². The minimum atomic E-state index is -4.13. The molecule has 12 heteroatoms. The normalized spacial score (nSPS) is 12.3. The molecule has 1 aromatic rings. The fourth-order valence-electron chi connectivity index (χ4n) is 1.41. The number of hydrogen-bond donors (Lipinski definition) is 2. The Hall–Kier alpha value is -1.08. The van der Waals surface area contributed by atoms with Crippen LogP contribution in [0.1, 0.15) is 6.42 Å². The van der Waals surface area contributed by atoms with Crippen LogP contribution in [0.3, 0.4) is 0 Å². The lowest BCUT2D eigenvalue weighted by molar-refractivity contribution is -0.387. The zero-order valence-electron chi connectivity index (χ0n) is 10.5. The van der Waals surface area contributed by atoms with E-state index in [9.17, 15) is 26.9 Å². The van der Waals surface area contributed by atoms with E-state index in [1.54, 1.807) is 0 Å². The van der Waals surface area contributed by atoms with Crippen molar-refractivity contribution in [2.24, 2.45) is 5.14 Å². The van der Waals surface area contributed by atoms with Crippen molar-refractivity contribution in [3.05, 3.63) is 32.8 Å². The molecule has 1 aromatic carbocycles. The average molecular weight is 402 g/mol. The van der Waals surface area contributed by atoms with Crippen LogP contribution in [0.2, 0.25) is 0 Å². The van der Waals surface area contributed by atoms with Crippen molar-refractivity contribution in [1.29, 1.82) is 0 Å². The van der Waals surface area contributed by atoms with Gasteiger partial charge in [0, 0.05) is 17.1 Å². The first-order chi connectivity index (χ1) is 9.53. The number of benzene rings is 1. The van der Waals surface area contributed by atoms with Gasteiger partial charge in [-0.1, -0.05) is 15.9 Å². The Morgan fingerprint density at radius 2 is 1.90 bits per heavy atom. The van der Waals surface area contributed by atoms with Crippen LogP contribution < -0.4 is 9.86 Å². The van der Waals surface area contributed by atoms with Crippen molar-refractivity contribution >= 4 is 41.7 Å². The van der Waals surface area contributed by atoms with Crippen molar-refractivity contribution in [2.75, 3.05) is 12.3 Å². The van der Waals surface area contributed by atoms with Gasteiger partial charge in [0.15, 0.2) is 4.90 Å². The molecule has 0 fully saturated rings. The number of halogens is 1. The molecule has 0 heterocycles. The van der Waals surface area contributed by atoms with E-state index >= 15 is 0 Å². The summed E-state index contributed by atoms with van der Waals surface area (Å²) in [5.74, 6) is -0.393. The molecular weight excluding hydrogens is 390 g/mol. The van der Waals surface area contributed by atoms with Crippen LogP contribution in [-0.4, -0.2) is 34.1 Å². The summed E-state index contributed by atoms with van der Waals surface area (Å²) in [5, 5.41) is 15.6. The molecule has 0 aliphatic carbocycles. The summed E-state index contributed by atoms with van der Waals surface area (Å²) in [6.07, 6.45) is -0.0418. The summed E-state index contributed by atoms with van der Waals surface area (Å²) in [6, 6.07) is 3.50. The van der Waals surface area contributed by atoms with Gasteiger partial charge in [-0.2, -0.15) is 0 Å². The minimum Gasteiger partial charge on any atom is -0.258 e. The summed E-state index contributed by atoms with van der Waals surface area (Å²) >= 11 is 3.04. The summed E-state index contributed by atoms with van der Waals surface area (Å²) in [5.41, 5.74) is -0.572. The molecule has 0 amide bonds. The van der Waals surface area contributed by atoms with Gasteiger partial charge < -0.3 is 0 Å². The van der Waals surface area contributed by atoms with Crippen molar-refractivity contribution in [3.63, 3.8) is 0 Å². The Labute approximate surface area is 129 Å². The molecule has 0 saturated heterocycles. The molecule has 9 nitrogen and oxygen atoms in total. The van der Waals surface area contributed by atoms with Gasteiger partial charge in [-0.15, -0.1) is 0 Å². The number of nitrogens with zero attached hydrogens (tertiary/aromatic N) is 1. The highest BCUT2D eigenvalue weighted by atomic mass is 79.9. The van der Waals surface area contributed by atoms with E-state index in [4.69, 9.17) is 5.14 Å². The van der Waals surface area contributed by atoms with Gasteiger partial charge >= 0.3 is 0 Å². The van der Waals surface area contributed by atoms with Gasteiger partial charge in [-0.05, 0) is 18.6 Å². The fourth-order valence-corrected chi connectivity index (χ4v) is 3.74. The summed E-state index contributed by atoms with van der Waals surface area (Å²) in [4.78, 5) is 9.53. The van der Waals surface area contributed by atoms with Crippen LogP contribution in [-0.2, 0) is 20.0 Å². The SMILES string of the molecule is NS(=O)(=O)CCCNS(=O)(=O)c1cc(Br)ccc1[N+](=O)[O-]. The lowest BCUT2D eigenvalue weighted by Gasteiger charge is -2.07. The second-order valence-electron chi connectivity index (χ2n) is 3.99. The Balaban J connectivity index is 2.93. The quantitative estimate of drug-likeness (QED) is 0.381. The van der Waals surface area contributed by atoms with Crippen molar-refractivity contribution in [1.82, 2.24) is 4.72 Å². The average Bonchev–Trinajstić information content (AvgIpc) is 2.33. The second-order valence-corrected chi connectivity index (χ2v) is 8.37. The molecule has 1 rings (SSSR count). The molecule has 0 saturated carbocycles. The molecular formula is C9H12BrN3O6S2. The molecule has 0 atom stereocenters. The maximum absolute atomic E-state index is 12.0. The molecule has 0 aliphatic rings. The van der Waals surface area contributed by atoms with Crippen molar-refractivity contribution < 1.29 is 21.8 Å². The smallest absolute Gasteiger partial charge is 0.258 e. The summed E-state index contributed by atoms with van der Waals surface area (Å²) < 4.78 is 47.9.